The Labute approximate surface area is 407 Å². The van der Waals surface area contributed by atoms with E-state index in [-0.39, 0.29) is 62.3 Å². The summed E-state index contributed by atoms with van der Waals surface area (Å²) in [5.74, 6) is -0.566. The normalized spacial score (nSPS) is 13.1. The van der Waals surface area contributed by atoms with Crippen LogP contribution in [0.4, 0.5) is 0 Å². The molecule has 0 aromatic heterocycles. The highest BCUT2D eigenvalue weighted by Crippen LogP contribution is 2.19. The van der Waals surface area contributed by atoms with Gasteiger partial charge in [0.15, 0.2) is 0 Å². The van der Waals surface area contributed by atoms with Crippen molar-refractivity contribution in [2.24, 2.45) is 17.6 Å². The van der Waals surface area contributed by atoms with Gasteiger partial charge in [0, 0.05) is 51.4 Å². The van der Waals surface area contributed by atoms with Crippen LogP contribution in [0.15, 0.2) is 12.7 Å². The second kappa shape index (κ2) is 41.4. The summed E-state index contributed by atoms with van der Waals surface area (Å²) in [6.07, 6.45) is 25.1. The summed E-state index contributed by atoms with van der Waals surface area (Å²) < 4.78 is 0. The lowest BCUT2D eigenvalue weighted by molar-refractivity contribution is -0.145. The Morgan fingerprint density at radius 3 is 1.55 bits per heavy atom. The lowest BCUT2D eigenvalue weighted by atomic mass is 9.98. The van der Waals surface area contributed by atoms with Gasteiger partial charge in [-0.25, -0.2) is 0 Å². The number of carbonyl (C=O) groups is 4. The van der Waals surface area contributed by atoms with Crippen molar-refractivity contribution in [3.63, 3.8) is 0 Å². The van der Waals surface area contributed by atoms with E-state index in [1.165, 1.54) is 32.1 Å². The maximum atomic E-state index is 14.7. The summed E-state index contributed by atoms with van der Waals surface area (Å²) in [5, 5.41) is 15.6. The molecular weight excluding hydrogens is 827 g/mol. The van der Waals surface area contributed by atoms with Gasteiger partial charge in [-0.05, 0) is 78.1 Å². The van der Waals surface area contributed by atoms with Crippen LogP contribution in [-0.2, 0) is 19.2 Å². The molecule has 0 bridgehead atoms. The van der Waals surface area contributed by atoms with Crippen LogP contribution in [0.25, 0.3) is 0 Å². The minimum absolute atomic E-state index is 0.0263. The number of carbonyl (C=O) groups excluding carboxylic acids is 4. The van der Waals surface area contributed by atoms with E-state index in [4.69, 9.17) is 5.73 Å². The fourth-order valence-electron chi connectivity index (χ4n) is 9.03. The van der Waals surface area contributed by atoms with E-state index in [0.717, 1.165) is 122 Å². The number of nitrogens with one attached hydrogen (secondary N) is 1. The molecule has 0 aromatic rings. The van der Waals surface area contributed by atoms with Crippen LogP contribution in [0.3, 0.4) is 0 Å². The second-order valence-electron chi connectivity index (χ2n) is 19.9. The van der Waals surface area contributed by atoms with Crippen molar-refractivity contribution in [3.05, 3.63) is 12.7 Å². The molecule has 0 saturated carbocycles. The zero-order valence-corrected chi connectivity index (χ0v) is 44.6. The third-order valence-corrected chi connectivity index (χ3v) is 13.5. The summed E-state index contributed by atoms with van der Waals surface area (Å²) in [6, 6.07) is 0.794. The molecule has 0 fully saturated rings. The van der Waals surface area contributed by atoms with Gasteiger partial charge in [-0.15, -0.1) is 6.58 Å². The zero-order valence-electron chi connectivity index (χ0n) is 44.6. The van der Waals surface area contributed by atoms with Gasteiger partial charge in [-0.2, -0.15) is 0 Å². The standard InChI is InChI=1S/C54H107N7O5/c1-11-17-21-23-25-27-29-31-36-57(51(63)39-56-35-38-61(46(7)8)47(9)10)43-54(66)60(41-49(16-6)34-20-14-4)45-52(64)58(37-32-30-28-26-24-22-18-12-2)44-53(65)59(42-50(55)62)40-48(15-5)33-19-13-3/h12,46-49,52,56,64H,2,11,13-45H2,1,3-10H3,(H2,55,62). The molecule has 0 aromatic carbocycles. The third-order valence-electron chi connectivity index (χ3n) is 13.5. The summed E-state index contributed by atoms with van der Waals surface area (Å²) in [4.78, 5) is 64.5. The maximum absolute atomic E-state index is 14.7. The van der Waals surface area contributed by atoms with Gasteiger partial charge >= 0.3 is 0 Å². The molecule has 66 heavy (non-hydrogen) atoms. The van der Waals surface area contributed by atoms with Crippen molar-refractivity contribution in [2.45, 2.75) is 228 Å². The van der Waals surface area contributed by atoms with Crippen molar-refractivity contribution in [1.29, 1.82) is 0 Å². The van der Waals surface area contributed by atoms with Gasteiger partial charge in [0.1, 0.15) is 6.23 Å². The number of hydrogen-bond donors (Lipinski definition) is 3. The molecule has 0 saturated heterocycles. The van der Waals surface area contributed by atoms with Gasteiger partial charge in [-0.1, -0.05) is 150 Å². The Kier molecular flexibility index (Phi) is 39.8. The highest BCUT2D eigenvalue weighted by Gasteiger charge is 2.30. The van der Waals surface area contributed by atoms with Crippen molar-refractivity contribution < 1.29 is 24.3 Å². The van der Waals surface area contributed by atoms with E-state index >= 15 is 0 Å². The molecule has 0 radical (unpaired) electrons. The third kappa shape index (κ3) is 31.5. The van der Waals surface area contributed by atoms with Crippen LogP contribution in [0.1, 0.15) is 210 Å². The molecule has 4 amide bonds. The predicted molar refractivity (Wildman–Crippen MR) is 278 cm³/mol. The molecule has 0 aliphatic carbocycles. The second-order valence-corrected chi connectivity index (χ2v) is 19.9. The predicted octanol–water partition coefficient (Wildman–Crippen LogP) is 9.78. The van der Waals surface area contributed by atoms with E-state index < -0.39 is 12.1 Å². The van der Waals surface area contributed by atoms with Gasteiger partial charge in [0.2, 0.25) is 23.6 Å². The molecular formula is C54H107N7O5. The molecule has 0 aliphatic heterocycles. The molecule has 0 rings (SSSR count). The topological polar surface area (TPSA) is 143 Å². The first-order valence-corrected chi connectivity index (χ1v) is 27.3. The van der Waals surface area contributed by atoms with Gasteiger partial charge in [-0.3, -0.25) is 29.0 Å². The average Bonchev–Trinajstić information content (AvgIpc) is 3.28. The zero-order chi connectivity index (χ0) is 49.5. The summed E-state index contributed by atoms with van der Waals surface area (Å²) in [6.45, 7) is 26.7. The fourth-order valence-corrected chi connectivity index (χ4v) is 9.03. The number of primary amides is 1. The Morgan fingerprint density at radius 1 is 0.561 bits per heavy atom. The van der Waals surface area contributed by atoms with Gasteiger partial charge < -0.3 is 30.9 Å². The number of aliphatic hydroxyl groups excluding tert-OH is 1. The molecule has 12 nitrogen and oxygen atoms in total. The summed E-state index contributed by atoms with van der Waals surface area (Å²) >= 11 is 0. The number of nitrogens with two attached hydrogens (primary N) is 1. The van der Waals surface area contributed by atoms with Gasteiger partial charge in [0.25, 0.3) is 0 Å². The molecule has 388 valence electrons. The van der Waals surface area contributed by atoms with Crippen molar-refractivity contribution >= 4 is 23.6 Å². The first kappa shape index (κ1) is 63.5. The van der Waals surface area contributed by atoms with Crippen LogP contribution in [0, 0.1) is 11.8 Å². The Bertz CT molecular complexity index is 1230. The van der Waals surface area contributed by atoms with E-state index in [9.17, 15) is 24.3 Å². The van der Waals surface area contributed by atoms with E-state index in [1.54, 1.807) is 19.6 Å². The first-order chi connectivity index (χ1) is 31.7. The number of rotatable bonds is 46. The number of hydrogen-bond acceptors (Lipinski definition) is 8. The van der Waals surface area contributed by atoms with Crippen molar-refractivity contribution in [2.75, 3.05) is 72.0 Å². The smallest absolute Gasteiger partial charge is 0.242 e. The number of nitrogens with zero attached hydrogens (tertiary/aromatic N) is 5. The number of unbranched alkanes of at least 4 members (excludes halogenated alkanes) is 15. The highest BCUT2D eigenvalue weighted by atomic mass is 16.3. The average molecular weight is 934 g/mol. The van der Waals surface area contributed by atoms with Crippen LogP contribution in [0.2, 0.25) is 0 Å². The monoisotopic (exact) mass is 934 g/mol. The Hall–Kier alpha value is -2.54. The minimum atomic E-state index is -1.12. The molecule has 0 heterocycles. The number of aliphatic hydroxyl groups is 1. The molecule has 0 spiro atoms. The highest BCUT2D eigenvalue weighted by molar-refractivity contribution is 5.86. The van der Waals surface area contributed by atoms with E-state index in [2.05, 4.69) is 79.1 Å². The van der Waals surface area contributed by atoms with Crippen molar-refractivity contribution in [1.82, 2.24) is 29.8 Å². The van der Waals surface area contributed by atoms with E-state index in [0.29, 0.717) is 44.8 Å². The SMILES string of the molecule is C=CCCCCCCCCN(CC(=O)N(CC(N)=O)CC(CC)CCCC)C(O)CN(CC(CC)CCCC)C(=O)CN(CCCCCCCCCC)C(=O)CNCCN(C(C)C)C(C)C. The fraction of sp³-hybridized carbons (Fsp3) is 0.889. The van der Waals surface area contributed by atoms with Crippen LogP contribution < -0.4 is 11.1 Å². The minimum Gasteiger partial charge on any atom is -0.376 e. The first-order valence-electron chi connectivity index (χ1n) is 27.3. The molecule has 3 unspecified atom stereocenters. The Morgan fingerprint density at radius 2 is 1.05 bits per heavy atom. The Balaban J connectivity index is 6.58. The van der Waals surface area contributed by atoms with Crippen molar-refractivity contribution in [3.8, 4) is 0 Å². The summed E-state index contributed by atoms with van der Waals surface area (Å²) in [7, 11) is 0. The number of allylic oxidation sites excluding steroid dienone is 1. The lowest BCUT2D eigenvalue weighted by Crippen LogP contribution is -2.54. The maximum Gasteiger partial charge on any atom is 0.242 e. The van der Waals surface area contributed by atoms with Crippen LogP contribution in [-0.4, -0.2) is 144 Å². The number of amides is 4. The summed E-state index contributed by atoms with van der Waals surface area (Å²) in [5.41, 5.74) is 5.71. The quantitative estimate of drug-likeness (QED) is 0.0311. The molecule has 12 heteroatoms. The largest absolute Gasteiger partial charge is 0.376 e. The van der Waals surface area contributed by atoms with Gasteiger partial charge in [0.05, 0.1) is 32.7 Å². The molecule has 4 N–H and O–H groups in total. The van der Waals surface area contributed by atoms with Crippen LogP contribution >= 0.6 is 0 Å². The van der Waals surface area contributed by atoms with Crippen LogP contribution in [0.5, 0.6) is 0 Å². The molecule has 3 atom stereocenters. The van der Waals surface area contributed by atoms with E-state index in [1.807, 2.05) is 6.08 Å². The lowest BCUT2D eigenvalue weighted by Gasteiger charge is -2.36. The molecule has 0 aliphatic rings.